The molecule has 9 atom stereocenters. The number of rotatable bonds is 4. The number of hydrogen-bond acceptors (Lipinski definition) is 3. The van der Waals surface area contributed by atoms with Gasteiger partial charge in [0, 0.05) is 18.9 Å². The molecule has 0 aromatic rings. The van der Waals surface area contributed by atoms with Crippen LogP contribution in [0.3, 0.4) is 0 Å². The smallest absolute Gasteiger partial charge is 0.302 e. The maximum absolute atomic E-state index is 11.8. The first kappa shape index (κ1) is 27.9. The van der Waals surface area contributed by atoms with Crippen LogP contribution in [0, 0.1) is 51.2 Å². The molecule has 36 heavy (non-hydrogen) atoms. The molecule has 3 heteroatoms. The Morgan fingerprint density at radius 1 is 0.972 bits per heavy atom. The summed E-state index contributed by atoms with van der Waals surface area (Å²) in [6, 6.07) is 0. The van der Waals surface area contributed by atoms with Crippen molar-refractivity contribution in [3.05, 3.63) is 24.3 Å². The second-order valence-electron chi connectivity index (χ2n) is 14.4. The zero-order valence-electron chi connectivity index (χ0n) is 24.3. The van der Waals surface area contributed by atoms with E-state index in [-0.39, 0.29) is 22.2 Å². The van der Waals surface area contributed by atoms with Gasteiger partial charge in [0.1, 0.15) is 6.61 Å². The van der Waals surface area contributed by atoms with E-state index >= 15 is 0 Å². The van der Waals surface area contributed by atoms with E-state index in [1.165, 1.54) is 69.4 Å². The van der Waals surface area contributed by atoms with E-state index in [2.05, 4.69) is 47.8 Å². The van der Waals surface area contributed by atoms with Crippen molar-refractivity contribution in [2.75, 3.05) is 13.2 Å². The maximum atomic E-state index is 11.8. The van der Waals surface area contributed by atoms with Gasteiger partial charge in [-0.2, -0.15) is 0 Å². The van der Waals surface area contributed by atoms with Crippen molar-refractivity contribution in [3.8, 4) is 0 Å². The van der Waals surface area contributed by atoms with E-state index in [9.17, 15) is 9.90 Å². The van der Waals surface area contributed by atoms with E-state index in [4.69, 9.17) is 4.74 Å². The van der Waals surface area contributed by atoms with Gasteiger partial charge in [-0.05, 0) is 117 Å². The lowest BCUT2D eigenvalue weighted by molar-refractivity contribution is -0.164. The molecular weight excluding hydrogens is 444 g/mol. The molecule has 0 spiro atoms. The van der Waals surface area contributed by atoms with Crippen LogP contribution in [0.15, 0.2) is 24.3 Å². The Bertz CT molecular complexity index is 876. The lowest BCUT2D eigenvalue weighted by Gasteiger charge is -2.65. The number of carbonyl (C=O) groups is 1. The number of aliphatic hydroxyl groups is 1. The monoisotopic (exact) mass is 498 g/mol. The molecule has 1 N–H and O–H groups in total. The molecule has 3 nitrogen and oxygen atoms in total. The van der Waals surface area contributed by atoms with Crippen LogP contribution >= 0.6 is 0 Å². The number of esters is 1. The topological polar surface area (TPSA) is 46.5 Å². The van der Waals surface area contributed by atoms with Gasteiger partial charge in [0.2, 0.25) is 0 Å². The molecule has 0 bridgehead atoms. The maximum Gasteiger partial charge on any atom is 0.302 e. The molecule has 0 amide bonds. The Hall–Kier alpha value is -1.09. The van der Waals surface area contributed by atoms with Crippen LogP contribution in [0.2, 0.25) is 0 Å². The van der Waals surface area contributed by atoms with Crippen molar-refractivity contribution in [1.82, 2.24) is 0 Å². The Morgan fingerprint density at radius 2 is 1.67 bits per heavy atom. The fourth-order valence-electron chi connectivity index (χ4n) is 10.3. The van der Waals surface area contributed by atoms with Gasteiger partial charge in [-0.15, -0.1) is 0 Å². The second-order valence-corrected chi connectivity index (χ2v) is 14.4. The van der Waals surface area contributed by atoms with E-state index in [1.807, 2.05) is 0 Å². The van der Waals surface area contributed by atoms with Crippen LogP contribution in [0.5, 0.6) is 0 Å². The minimum Gasteiger partial charge on any atom is -0.465 e. The summed E-state index contributed by atoms with van der Waals surface area (Å²) in [6.07, 6.45) is 13.1. The van der Waals surface area contributed by atoms with E-state index in [0.29, 0.717) is 48.2 Å². The van der Waals surface area contributed by atoms with E-state index in [1.54, 1.807) is 0 Å². The van der Waals surface area contributed by atoms with Crippen LogP contribution in [0.1, 0.15) is 112 Å². The molecule has 4 rings (SSSR count). The van der Waals surface area contributed by atoms with Crippen molar-refractivity contribution in [3.63, 3.8) is 0 Å². The Kier molecular flexibility index (Phi) is 7.68. The van der Waals surface area contributed by atoms with Crippen molar-refractivity contribution >= 4 is 5.97 Å². The largest absolute Gasteiger partial charge is 0.465 e. The predicted octanol–water partition coefficient (Wildman–Crippen LogP) is 8.13. The highest BCUT2D eigenvalue weighted by molar-refractivity contribution is 5.66. The van der Waals surface area contributed by atoms with Gasteiger partial charge in [0.05, 0.1) is 0 Å². The first-order valence-corrected chi connectivity index (χ1v) is 14.9. The first-order chi connectivity index (χ1) is 16.8. The van der Waals surface area contributed by atoms with E-state index < -0.39 is 0 Å². The number of aliphatic hydroxyl groups excluding tert-OH is 1. The summed E-state index contributed by atoms with van der Waals surface area (Å²) in [5, 5.41) is 10.7. The Morgan fingerprint density at radius 3 is 2.31 bits per heavy atom. The van der Waals surface area contributed by atoms with Gasteiger partial charge in [-0.3, -0.25) is 4.79 Å². The van der Waals surface area contributed by atoms with Crippen LogP contribution < -0.4 is 0 Å². The number of ether oxygens (including phenoxy) is 1. The molecule has 204 valence electrons. The average molecular weight is 499 g/mol. The van der Waals surface area contributed by atoms with Gasteiger partial charge < -0.3 is 9.84 Å². The number of carbonyl (C=O) groups excluding carboxylic acids is 1. The highest BCUT2D eigenvalue weighted by Crippen LogP contribution is 2.69. The molecule has 0 heterocycles. The fraction of sp³-hybridized carbons (Fsp3) is 0.848. The SMILES string of the molecule is C=C(C)C1CCC2(CO)CCC(C)C3(C)CCC4C(C)(COC(C)=O)C(=C)CCC4(C)C3CCCC12. The molecule has 0 aliphatic heterocycles. The Labute approximate surface area is 221 Å². The molecule has 4 aliphatic rings. The van der Waals surface area contributed by atoms with Gasteiger partial charge in [0.25, 0.3) is 0 Å². The van der Waals surface area contributed by atoms with Crippen molar-refractivity contribution in [1.29, 1.82) is 0 Å². The van der Waals surface area contributed by atoms with Crippen molar-refractivity contribution in [2.45, 2.75) is 112 Å². The molecular formula is C33H54O3. The average Bonchev–Trinajstić information content (AvgIpc) is 3.19. The summed E-state index contributed by atoms with van der Waals surface area (Å²) in [7, 11) is 0. The summed E-state index contributed by atoms with van der Waals surface area (Å²) in [6.45, 7) is 23.5. The fourth-order valence-corrected chi connectivity index (χ4v) is 10.3. The van der Waals surface area contributed by atoms with Gasteiger partial charge in [0.15, 0.2) is 0 Å². The number of allylic oxidation sites excluding steroid dienone is 1. The zero-order chi connectivity index (χ0) is 26.5. The normalized spacial score (nSPS) is 47.3. The number of hydrogen-bond donors (Lipinski definition) is 1. The molecule has 4 fully saturated rings. The lowest BCUT2D eigenvalue weighted by Crippen LogP contribution is -2.58. The summed E-state index contributed by atoms with van der Waals surface area (Å²) in [5.41, 5.74) is 3.10. The van der Waals surface area contributed by atoms with Crippen LogP contribution in [0.4, 0.5) is 0 Å². The zero-order valence-corrected chi connectivity index (χ0v) is 24.3. The highest BCUT2D eigenvalue weighted by atomic mass is 16.5. The van der Waals surface area contributed by atoms with Gasteiger partial charge >= 0.3 is 5.97 Å². The van der Waals surface area contributed by atoms with Gasteiger partial charge in [-0.1, -0.05) is 58.4 Å². The van der Waals surface area contributed by atoms with Crippen molar-refractivity contribution in [2.24, 2.45) is 51.2 Å². The standard InChI is InChI=1S/C33H54O3/c1-22(2)26-14-19-33(20-34)18-13-23(3)30(6)17-15-29-31(7,28(30)11-9-10-27(26)33)16-12-24(4)32(29,8)21-36-25(5)35/h23,26-29,34H,1,4,9-21H2,2-3,5-8H3. The molecule has 0 aromatic carbocycles. The first-order valence-electron chi connectivity index (χ1n) is 14.9. The van der Waals surface area contributed by atoms with Crippen molar-refractivity contribution < 1.29 is 14.6 Å². The summed E-state index contributed by atoms with van der Waals surface area (Å²) in [5.74, 6) is 2.76. The van der Waals surface area contributed by atoms with Crippen LogP contribution in [-0.2, 0) is 9.53 Å². The highest BCUT2D eigenvalue weighted by Gasteiger charge is 2.61. The third kappa shape index (κ3) is 4.34. The summed E-state index contributed by atoms with van der Waals surface area (Å²) < 4.78 is 5.69. The molecule has 0 aromatic heterocycles. The predicted molar refractivity (Wildman–Crippen MR) is 148 cm³/mol. The molecule has 4 saturated carbocycles. The third-order valence-electron chi connectivity index (χ3n) is 12.9. The lowest BCUT2D eigenvalue weighted by atomic mass is 9.40. The summed E-state index contributed by atoms with van der Waals surface area (Å²) in [4.78, 5) is 11.8. The third-order valence-corrected chi connectivity index (χ3v) is 12.9. The molecule has 0 radical (unpaired) electrons. The Balaban J connectivity index is 1.67. The minimum absolute atomic E-state index is 0.0906. The van der Waals surface area contributed by atoms with Gasteiger partial charge in [-0.25, -0.2) is 0 Å². The minimum atomic E-state index is -0.180. The second kappa shape index (κ2) is 9.90. The molecule has 9 unspecified atom stereocenters. The number of fused-ring (bicyclic) bond motifs is 4. The summed E-state index contributed by atoms with van der Waals surface area (Å²) >= 11 is 0. The quantitative estimate of drug-likeness (QED) is 0.314. The molecule has 0 saturated heterocycles. The van der Waals surface area contributed by atoms with Crippen LogP contribution in [-0.4, -0.2) is 24.3 Å². The molecule has 4 aliphatic carbocycles. The van der Waals surface area contributed by atoms with E-state index in [0.717, 1.165) is 19.3 Å². The van der Waals surface area contributed by atoms with Crippen LogP contribution in [0.25, 0.3) is 0 Å².